The smallest absolute Gasteiger partial charge is 0.351 e. The van der Waals surface area contributed by atoms with Crippen LogP contribution in [0.25, 0.3) is 0 Å². The molecule has 0 amide bonds. The predicted molar refractivity (Wildman–Crippen MR) is 118 cm³/mol. The zero-order chi connectivity index (χ0) is 21.3. The van der Waals surface area contributed by atoms with Crippen molar-refractivity contribution in [1.29, 1.82) is 0 Å². The summed E-state index contributed by atoms with van der Waals surface area (Å²) in [5, 5.41) is 2.20. The van der Waals surface area contributed by atoms with E-state index < -0.39 is 27.9 Å². The molecule has 2 aromatic rings. The first kappa shape index (κ1) is 22.4. The Morgan fingerprint density at radius 1 is 1.03 bits per heavy atom. The largest absolute Gasteiger partial charge is 0.404 e. The van der Waals surface area contributed by atoms with Gasteiger partial charge in [0.25, 0.3) is 8.32 Å². The van der Waals surface area contributed by atoms with Crippen molar-refractivity contribution >= 4 is 26.3 Å². The van der Waals surface area contributed by atoms with Gasteiger partial charge in [-0.2, -0.15) is 0 Å². The minimum absolute atomic E-state index is 0.154. The highest BCUT2D eigenvalue weighted by Crippen LogP contribution is 2.51. The monoisotopic (exact) mass is 434 g/mol. The van der Waals surface area contributed by atoms with Gasteiger partial charge in [-0.25, -0.2) is 0 Å². The van der Waals surface area contributed by atoms with E-state index in [9.17, 15) is 14.4 Å². The summed E-state index contributed by atoms with van der Waals surface area (Å²) in [6.07, 6.45) is 0.173. The van der Waals surface area contributed by atoms with E-state index in [0.717, 1.165) is 6.42 Å². The van der Waals surface area contributed by atoms with Gasteiger partial charge in [0.05, 0.1) is 12.2 Å². The standard InChI is InChI=1S/C22H31O5PSi/c1-18-15-22(18,26-17-28(23,24)25)16-27-29(21(2,3)4,19-11-7-5-8-12-19)20-13-9-6-10-14-20/h5-14,18H,15-17H2,1-4H3,(H2,23,24,25)/t18-,22+/m0/s1. The zero-order valence-corrected chi connectivity index (χ0v) is 19.4. The van der Waals surface area contributed by atoms with Crippen LogP contribution in [-0.2, 0) is 13.7 Å². The Balaban J connectivity index is 1.99. The van der Waals surface area contributed by atoms with E-state index in [1.165, 1.54) is 10.4 Å². The highest BCUT2D eigenvalue weighted by atomic mass is 31.2. The lowest BCUT2D eigenvalue weighted by Gasteiger charge is -2.43. The summed E-state index contributed by atoms with van der Waals surface area (Å²) < 4.78 is 24.0. The third-order valence-corrected chi connectivity index (χ3v) is 11.3. The van der Waals surface area contributed by atoms with Gasteiger partial charge in [0.15, 0.2) is 0 Å². The topological polar surface area (TPSA) is 76.0 Å². The Kier molecular flexibility index (Phi) is 6.26. The molecule has 1 aliphatic rings. The number of hydrogen-bond donors (Lipinski definition) is 2. The van der Waals surface area contributed by atoms with Crippen molar-refractivity contribution in [2.45, 2.75) is 44.8 Å². The molecule has 158 valence electrons. The molecule has 2 atom stereocenters. The number of hydrogen-bond acceptors (Lipinski definition) is 3. The number of rotatable bonds is 8. The molecule has 2 aromatic carbocycles. The van der Waals surface area contributed by atoms with E-state index in [4.69, 9.17) is 9.16 Å². The van der Waals surface area contributed by atoms with Crippen molar-refractivity contribution in [1.82, 2.24) is 0 Å². The van der Waals surface area contributed by atoms with Gasteiger partial charge in [0.1, 0.15) is 6.35 Å². The normalized spacial score (nSPS) is 22.5. The predicted octanol–water partition coefficient (Wildman–Crippen LogP) is 3.49. The van der Waals surface area contributed by atoms with E-state index in [2.05, 4.69) is 45.0 Å². The maximum Gasteiger partial charge on any atom is 0.351 e. The van der Waals surface area contributed by atoms with Crippen LogP contribution in [0.1, 0.15) is 34.1 Å². The first-order valence-corrected chi connectivity index (χ1v) is 13.6. The van der Waals surface area contributed by atoms with Crippen LogP contribution in [0.4, 0.5) is 0 Å². The van der Waals surface area contributed by atoms with Gasteiger partial charge in [0, 0.05) is 0 Å². The Morgan fingerprint density at radius 2 is 1.48 bits per heavy atom. The van der Waals surface area contributed by atoms with Crippen LogP contribution in [0.15, 0.2) is 60.7 Å². The lowest BCUT2D eigenvalue weighted by molar-refractivity contribution is 0.00495. The highest BCUT2D eigenvalue weighted by molar-refractivity contribution is 7.51. The van der Waals surface area contributed by atoms with Gasteiger partial charge >= 0.3 is 7.60 Å². The molecule has 0 spiro atoms. The molecule has 0 heterocycles. The van der Waals surface area contributed by atoms with Crippen LogP contribution in [0.2, 0.25) is 5.04 Å². The van der Waals surface area contributed by atoms with Crippen LogP contribution in [-0.4, -0.2) is 36.7 Å². The third-order valence-electron chi connectivity index (χ3n) is 5.86. The average molecular weight is 435 g/mol. The summed E-state index contributed by atoms with van der Waals surface area (Å²) in [6.45, 7) is 8.98. The maximum absolute atomic E-state index is 11.4. The molecular weight excluding hydrogens is 403 g/mol. The second kappa shape index (κ2) is 8.10. The van der Waals surface area contributed by atoms with Crippen molar-refractivity contribution in [2.75, 3.05) is 13.0 Å². The van der Waals surface area contributed by atoms with Crippen molar-refractivity contribution in [3.63, 3.8) is 0 Å². The molecule has 0 saturated heterocycles. The maximum atomic E-state index is 11.4. The van der Waals surface area contributed by atoms with E-state index in [1.807, 2.05) is 43.3 Å². The Morgan fingerprint density at radius 3 is 1.83 bits per heavy atom. The SMILES string of the molecule is C[C@H]1C[C@]1(CO[Si](c1ccccc1)(c1ccccc1)C(C)(C)C)OCP(=O)(O)O. The second-order valence-electron chi connectivity index (χ2n) is 9.06. The second-order valence-corrected chi connectivity index (χ2v) is 15.0. The molecule has 1 aliphatic carbocycles. The van der Waals surface area contributed by atoms with Gasteiger partial charge in [0.2, 0.25) is 0 Å². The Labute approximate surface area is 174 Å². The van der Waals surface area contributed by atoms with E-state index in [1.54, 1.807) is 0 Å². The molecular formula is C22H31O5PSi. The first-order valence-electron chi connectivity index (χ1n) is 9.94. The lowest BCUT2D eigenvalue weighted by Crippen LogP contribution is -2.67. The van der Waals surface area contributed by atoms with Crippen molar-refractivity contribution in [3.05, 3.63) is 60.7 Å². The quantitative estimate of drug-likeness (QED) is 0.491. The van der Waals surface area contributed by atoms with Gasteiger partial charge < -0.3 is 18.9 Å². The number of benzene rings is 2. The molecule has 0 unspecified atom stereocenters. The summed E-state index contributed by atoms with van der Waals surface area (Å²) >= 11 is 0. The fourth-order valence-corrected chi connectivity index (χ4v) is 9.15. The van der Waals surface area contributed by atoms with Crippen LogP contribution in [0.5, 0.6) is 0 Å². The minimum atomic E-state index is -4.23. The average Bonchev–Trinajstić information content (AvgIpc) is 3.31. The van der Waals surface area contributed by atoms with Gasteiger partial charge in [-0.15, -0.1) is 0 Å². The Hall–Kier alpha value is -1.27. The molecule has 2 N–H and O–H groups in total. The van der Waals surface area contributed by atoms with Gasteiger partial charge in [-0.05, 0) is 27.8 Å². The molecule has 7 heteroatoms. The molecule has 0 bridgehead atoms. The fourth-order valence-electron chi connectivity index (χ4n) is 4.11. The summed E-state index contributed by atoms with van der Waals surface area (Å²) in [6, 6.07) is 20.7. The van der Waals surface area contributed by atoms with Crippen molar-refractivity contribution in [2.24, 2.45) is 5.92 Å². The van der Waals surface area contributed by atoms with E-state index in [0.29, 0.717) is 6.61 Å². The minimum Gasteiger partial charge on any atom is -0.404 e. The molecule has 5 nitrogen and oxygen atoms in total. The molecule has 0 aliphatic heterocycles. The van der Waals surface area contributed by atoms with Gasteiger partial charge in [-0.3, -0.25) is 4.57 Å². The third kappa shape index (κ3) is 4.74. The van der Waals surface area contributed by atoms with Crippen molar-refractivity contribution < 1.29 is 23.5 Å². The van der Waals surface area contributed by atoms with Crippen LogP contribution in [0.3, 0.4) is 0 Å². The van der Waals surface area contributed by atoms with Crippen LogP contribution in [0, 0.1) is 5.92 Å². The molecule has 3 rings (SSSR count). The molecule has 0 radical (unpaired) electrons. The molecule has 0 aromatic heterocycles. The summed E-state index contributed by atoms with van der Waals surface area (Å²) in [5.41, 5.74) is -0.631. The van der Waals surface area contributed by atoms with E-state index >= 15 is 0 Å². The van der Waals surface area contributed by atoms with Crippen LogP contribution >= 0.6 is 7.60 Å². The molecule has 1 saturated carbocycles. The summed E-state index contributed by atoms with van der Waals surface area (Å²) in [5.74, 6) is 0.201. The summed E-state index contributed by atoms with van der Waals surface area (Å²) in [7, 11) is -6.93. The van der Waals surface area contributed by atoms with Gasteiger partial charge in [-0.1, -0.05) is 88.4 Å². The fraction of sp³-hybridized carbons (Fsp3) is 0.455. The molecule has 29 heavy (non-hydrogen) atoms. The lowest BCUT2D eigenvalue weighted by atomic mass is 10.2. The van der Waals surface area contributed by atoms with Crippen LogP contribution < -0.4 is 10.4 Å². The number of ether oxygens (including phenoxy) is 1. The molecule has 1 fully saturated rings. The van der Waals surface area contributed by atoms with E-state index in [-0.39, 0.29) is 11.0 Å². The summed E-state index contributed by atoms with van der Waals surface area (Å²) in [4.78, 5) is 18.5. The zero-order valence-electron chi connectivity index (χ0n) is 17.5. The highest BCUT2D eigenvalue weighted by Gasteiger charge is 2.57. The van der Waals surface area contributed by atoms with Crippen molar-refractivity contribution in [3.8, 4) is 0 Å². The first-order chi connectivity index (χ1) is 13.5. The Bertz CT molecular complexity index is 822.